The van der Waals surface area contributed by atoms with E-state index < -0.39 is 0 Å². The Hall–Kier alpha value is -2.82. The molecule has 1 aromatic heterocycles. The number of fused-ring (bicyclic) bond motifs is 1. The molecule has 4 rings (SSSR count). The summed E-state index contributed by atoms with van der Waals surface area (Å²) in [4.78, 5) is 11.4. The summed E-state index contributed by atoms with van der Waals surface area (Å²) >= 11 is 0. The van der Waals surface area contributed by atoms with Crippen LogP contribution in [0.15, 0.2) is 47.7 Å². The molecule has 32 heavy (non-hydrogen) atoms. The average molecular weight is 548 g/mol. The zero-order valence-corrected chi connectivity index (χ0v) is 20.9. The maximum absolute atomic E-state index is 5.49. The van der Waals surface area contributed by atoms with Gasteiger partial charge in [0, 0.05) is 25.2 Å². The molecule has 0 aliphatic carbocycles. The molecule has 170 valence electrons. The quantitative estimate of drug-likeness (QED) is 0.278. The fourth-order valence-corrected chi connectivity index (χ4v) is 3.82. The fourth-order valence-electron chi connectivity index (χ4n) is 3.82. The zero-order chi connectivity index (χ0) is 21.6. The van der Waals surface area contributed by atoms with Gasteiger partial charge in [-0.25, -0.2) is 9.98 Å². The van der Waals surface area contributed by atoms with Gasteiger partial charge in [-0.3, -0.25) is 5.10 Å². The SMILES string of the molecule is CCNC(=NCc1cccc(-c2ncn[nH]2)c1)N1CCc2cc(OC)c(OC)cc2C1.I. The van der Waals surface area contributed by atoms with Crippen molar-refractivity contribution in [1.82, 2.24) is 25.4 Å². The van der Waals surface area contributed by atoms with Gasteiger partial charge < -0.3 is 19.7 Å². The van der Waals surface area contributed by atoms with E-state index in [-0.39, 0.29) is 24.0 Å². The Morgan fingerprint density at radius 3 is 2.62 bits per heavy atom. The number of guanidine groups is 1. The van der Waals surface area contributed by atoms with Crippen LogP contribution in [-0.4, -0.2) is 53.3 Å². The van der Waals surface area contributed by atoms with Crippen LogP contribution in [0.1, 0.15) is 23.6 Å². The van der Waals surface area contributed by atoms with Crippen molar-refractivity contribution in [2.45, 2.75) is 26.4 Å². The number of nitrogens with one attached hydrogen (secondary N) is 2. The lowest BCUT2D eigenvalue weighted by atomic mass is 9.99. The largest absolute Gasteiger partial charge is 0.493 e. The Morgan fingerprint density at radius 1 is 1.16 bits per heavy atom. The van der Waals surface area contributed by atoms with Crippen LogP contribution in [0.3, 0.4) is 0 Å². The molecule has 9 heteroatoms. The summed E-state index contributed by atoms with van der Waals surface area (Å²) in [6.45, 7) is 5.16. The van der Waals surface area contributed by atoms with E-state index in [0.29, 0.717) is 6.54 Å². The van der Waals surface area contributed by atoms with Gasteiger partial charge in [0.2, 0.25) is 0 Å². The molecule has 2 N–H and O–H groups in total. The van der Waals surface area contributed by atoms with E-state index in [2.05, 4.69) is 56.6 Å². The lowest BCUT2D eigenvalue weighted by molar-refractivity contribution is 0.346. The molecular weight excluding hydrogens is 519 g/mol. The first-order valence-electron chi connectivity index (χ1n) is 10.4. The van der Waals surface area contributed by atoms with Crippen molar-refractivity contribution < 1.29 is 9.47 Å². The van der Waals surface area contributed by atoms with Crippen molar-refractivity contribution in [3.05, 3.63) is 59.4 Å². The van der Waals surface area contributed by atoms with Gasteiger partial charge in [-0.05, 0) is 48.2 Å². The molecule has 0 unspecified atom stereocenters. The molecule has 2 heterocycles. The minimum Gasteiger partial charge on any atom is -0.493 e. The Bertz CT molecular complexity index is 1050. The van der Waals surface area contributed by atoms with Crippen LogP contribution in [-0.2, 0) is 19.5 Å². The molecule has 0 atom stereocenters. The summed E-state index contributed by atoms with van der Waals surface area (Å²) in [5.41, 5.74) is 4.66. The van der Waals surface area contributed by atoms with Crippen LogP contribution in [0.5, 0.6) is 11.5 Å². The number of H-pyrrole nitrogens is 1. The maximum Gasteiger partial charge on any atom is 0.194 e. The highest BCUT2D eigenvalue weighted by Crippen LogP contribution is 2.33. The summed E-state index contributed by atoms with van der Waals surface area (Å²) in [6, 6.07) is 12.4. The number of aliphatic imine (C=N–C) groups is 1. The topological polar surface area (TPSA) is 87.7 Å². The molecular formula is C23H29IN6O2. The predicted molar refractivity (Wildman–Crippen MR) is 136 cm³/mol. The number of aromatic amines is 1. The first-order valence-corrected chi connectivity index (χ1v) is 10.4. The van der Waals surface area contributed by atoms with E-state index in [1.807, 2.05) is 12.1 Å². The normalized spacial score (nSPS) is 13.2. The minimum absolute atomic E-state index is 0. The number of rotatable bonds is 6. The zero-order valence-electron chi connectivity index (χ0n) is 18.6. The number of halogens is 1. The second-order valence-electron chi connectivity index (χ2n) is 7.35. The van der Waals surface area contributed by atoms with Crippen LogP contribution in [0.25, 0.3) is 11.4 Å². The third kappa shape index (κ3) is 5.32. The Balaban J connectivity index is 0.00000289. The van der Waals surface area contributed by atoms with Gasteiger partial charge in [-0.1, -0.05) is 18.2 Å². The van der Waals surface area contributed by atoms with Gasteiger partial charge in [0.25, 0.3) is 0 Å². The van der Waals surface area contributed by atoms with Crippen LogP contribution in [0.4, 0.5) is 0 Å². The first-order chi connectivity index (χ1) is 15.2. The maximum atomic E-state index is 5.49. The number of methoxy groups -OCH3 is 2. The van der Waals surface area contributed by atoms with Gasteiger partial charge >= 0.3 is 0 Å². The molecule has 0 bridgehead atoms. The molecule has 1 aliphatic heterocycles. The van der Waals surface area contributed by atoms with E-state index in [1.54, 1.807) is 14.2 Å². The summed E-state index contributed by atoms with van der Waals surface area (Å²) in [5.74, 6) is 3.21. The van der Waals surface area contributed by atoms with Crippen molar-refractivity contribution in [1.29, 1.82) is 0 Å². The van der Waals surface area contributed by atoms with E-state index in [9.17, 15) is 0 Å². The predicted octanol–water partition coefficient (Wildman–Crippen LogP) is 3.63. The molecule has 3 aromatic rings. The van der Waals surface area contributed by atoms with Crippen molar-refractivity contribution in [2.75, 3.05) is 27.3 Å². The molecule has 0 saturated heterocycles. The number of hydrogen-bond donors (Lipinski definition) is 2. The highest BCUT2D eigenvalue weighted by Gasteiger charge is 2.21. The molecule has 0 spiro atoms. The molecule has 0 saturated carbocycles. The number of hydrogen-bond acceptors (Lipinski definition) is 5. The molecule has 0 fully saturated rings. The summed E-state index contributed by atoms with van der Waals surface area (Å²) in [7, 11) is 3.34. The Labute approximate surface area is 205 Å². The minimum atomic E-state index is 0. The highest BCUT2D eigenvalue weighted by atomic mass is 127. The van der Waals surface area contributed by atoms with Gasteiger partial charge in [-0.2, -0.15) is 5.10 Å². The van der Waals surface area contributed by atoms with E-state index in [0.717, 1.165) is 60.5 Å². The smallest absolute Gasteiger partial charge is 0.194 e. The van der Waals surface area contributed by atoms with Crippen molar-refractivity contribution in [2.24, 2.45) is 4.99 Å². The van der Waals surface area contributed by atoms with E-state index in [4.69, 9.17) is 14.5 Å². The lowest BCUT2D eigenvalue weighted by Gasteiger charge is -2.32. The van der Waals surface area contributed by atoms with Crippen molar-refractivity contribution in [3.63, 3.8) is 0 Å². The fraction of sp³-hybridized carbons (Fsp3) is 0.348. The Morgan fingerprint density at radius 2 is 1.94 bits per heavy atom. The summed E-state index contributed by atoms with van der Waals surface area (Å²) in [6.07, 6.45) is 2.45. The first kappa shape index (κ1) is 23.8. The second-order valence-corrected chi connectivity index (χ2v) is 7.35. The van der Waals surface area contributed by atoms with Crippen molar-refractivity contribution >= 4 is 29.9 Å². The van der Waals surface area contributed by atoms with Gasteiger partial charge in [0.1, 0.15) is 6.33 Å². The van der Waals surface area contributed by atoms with Crippen LogP contribution >= 0.6 is 24.0 Å². The molecule has 2 aromatic carbocycles. The highest BCUT2D eigenvalue weighted by molar-refractivity contribution is 14.0. The van der Waals surface area contributed by atoms with Gasteiger partial charge in [-0.15, -0.1) is 24.0 Å². The number of nitrogens with zero attached hydrogens (tertiary/aromatic N) is 4. The Kier molecular flexibility index (Phi) is 8.32. The lowest BCUT2D eigenvalue weighted by Crippen LogP contribution is -2.44. The second kappa shape index (κ2) is 11.2. The number of ether oxygens (including phenoxy) is 2. The number of benzene rings is 2. The molecule has 8 nitrogen and oxygen atoms in total. The summed E-state index contributed by atoms with van der Waals surface area (Å²) < 4.78 is 10.9. The van der Waals surface area contributed by atoms with Crippen LogP contribution in [0.2, 0.25) is 0 Å². The standard InChI is InChI=1S/C23H28N6O2.HI/c1-4-24-23(25-13-16-6-5-7-18(10-16)22-26-15-27-28-22)29-9-8-17-11-20(30-2)21(31-3)12-19(17)14-29;/h5-7,10-12,15H,4,8-9,13-14H2,1-3H3,(H,24,25)(H,26,27,28);1H. The van der Waals surface area contributed by atoms with E-state index >= 15 is 0 Å². The number of aromatic nitrogens is 3. The monoisotopic (exact) mass is 548 g/mol. The van der Waals surface area contributed by atoms with Gasteiger partial charge in [0.15, 0.2) is 23.3 Å². The third-order valence-corrected chi connectivity index (χ3v) is 5.38. The van der Waals surface area contributed by atoms with E-state index in [1.165, 1.54) is 17.5 Å². The van der Waals surface area contributed by atoms with Gasteiger partial charge in [0.05, 0.1) is 20.8 Å². The average Bonchev–Trinajstić information content (AvgIpc) is 3.36. The molecule has 0 amide bonds. The van der Waals surface area contributed by atoms with Crippen LogP contribution < -0.4 is 14.8 Å². The molecule has 0 radical (unpaired) electrons. The molecule has 1 aliphatic rings. The summed E-state index contributed by atoms with van der Waals surface area (Å²) in [5, 5.41) is 10.3. The third-order valence-electron chi connectivity index (χ3n) is 5.38. The van der Waals surface area contributed by atoms with Crippen molar-refractivity contribution in [3.8, 4) is 22.9 Å². The van der Waals surface area contributed by atoms with Crippen LogP contribution in [0, 0.1) is 0 Å².